The molecule has 8 nitrogen and oxygen atoms in total. The fraction of sp³-hybridized carbons (Fsp3) is 0.826. The average molecular weight is 434 g/mol. The monoisotopic (exact) mass is 433 g/mol. The molecule has 4 fully saturated rings. The smallest absolute Gasteiger partial charge is 0.407 e. The van der Waals surface area contributed by atoms with Crippen LogP contribution in [0.4, 0.5) is 4.79 Å². The zero-order valence-electron chi connectivity index (χ0n) is 19.1. The molecule has 0 unspecified atom stereocenters. The van der Waals surface area contributed by atoms with Crippen molar-refractivity contribution in [2.75, 3.05) is 13.2 Å². The summed E-state index contributed by atoms with van der Waals surface area (Å²) in [7, 11) is 0. The Labute approximate surface area is 184 Å². The Morgan fingerprint density at radius 3 is 2.32 bits per heavy atom. The van der Waals surface area contributed by atoms with Crippen LogP contribution >= 0.6 is 0 Å². The molecule has 31 heavy (non-hydrogen) atoms. The first-order valence-corrected chi connectivity index (χ1v) is 11.8. The highest BCUT2D eigenvalue weighted by atomic mass is 16.5. The van der Waals surface area contributed by atoms with Gasteiger partial charge in [0.1, 0.15) is 6.04 Å². The number of likely N-dealkylation sites (tertiary alicyclic amines) is 2. The third kappa shape index (κ3) is 3.72. The Hall–Kier alpha value is -2.12. The van der Waals surface area contributed by atoms with Crippen molar-refractivity contribution < 1.29 is 23.9 Å². The summed E-state index contributed by atoms with van der Waals surface area (Å²) in [5, 5.41) is 2.75. The van der Waals surface area contributed by atoms with Crippen LogP contribution in [-0.2, 0) is 19.1 Å². The predicted octanol–water partition coefficient (Wildman–Crippen LogP) is 2.31. The molecule has 0 aromatic carbocycles. The number of carbonyl (C=O) groups is 4. The lowest BCUT2D eigenvalue weighted by molar-refractivity contribution is -0.152. The Morgan fingerprint density at radius 2 is 1.81 bits per heavy atom. The molecule has 4 rings (SSSR count). The van der Waals surface area contributed by atoms with E-state index in [9.17, 15) is 19.2 Å². The van der Waals surface area contributed by atoms with Crippen molar-refractivity contribution in [2.45, 2.75) is 84.3 Å². The first-order chi connectivity index (χ1) is 14.7. The van der Waals surface area contributed by atoms with Gasteiger partial charge >= 0.3 is 6.09 Å². The molecule has 2 saturated carbocycles. The van der Waals surface area contributed by atoms with E-state index < -0.39 is 17.6 Å². The van der Waals surface area contributed by atoms with Gasteiger partial charge in [-0.15, -0.1) is 0 Å². The summed E-state index contributed by atoms with van der Waals surface area (Å²) in [6.07, 6.45) is 4.12. The van der Waals surface area contributed by atoms with Gasteiger partial charge in [-0.05, 0) is 43.9 Å². The number of alkyl carbamates (subject to hydrolysis) is 1. The van der Waals surface area contributed by atoms with Crippen molar-refractivity contribution in [1.29, 1.82) is 0 Å². The zero-order chi connectivity index (χ0) is 22.5. The maximum Gasteiger partial charge on any atom is 0.407 e. The van der Waals surface area contributed by atoms with E-state index in [4.69, 9.17) is 4.74 Å². The van der Waals surface area contributed by atoms with E-state index in [1.54, 1.807) is 4.90 Å². The third-order valence-electron chi connectivity index (χ3n) is 7.36. The Balaban J connectivity index is 1.53. The van der Waals surface area contributed by atoms with Gasteiger partial charge in [-0.1, -0.05) is 34.1 Å². The standard InChI is InChI=1S/C23H35N3O5/c1-13(2)12-31-22(30)24-17(14(3)4)20(28)25-11-8-16-18(25)23(9-5-10-23)21(29)26(16)19(27)15-6-7-15/h13-18H,5-12H2,1-4H3,(H,24,30)/t16-,17-,18-/m0/s1. The number of amides is 4. The van der Waals surface area contributed by atoms with Crippen molar-refractivity contribution in [2.24, 2.45) is 23.2 Å². The molecule has 172 valence electrons. The normalized spacial score (nSPS) is 27.5. The molecule has 0 radical (unpaired) electrons. The lowest BCUT2D eigenvalue weighted by atomic mass is 9.64. The van der Waals surface area contributed by atoms with E-state index in [-0.39, 0.29) is 54.2 Å². The number of nitrogens with one attached hydrogen (secondary N) is 1. The van der Waals surface area contributed by atoms with Gasteiger partial charge in [-0.2, -0.15) is 0 Å². The lowest BCUT2D eigenvalue weighted by Crippen LogP contribution is -2.58. The topological polar surface area (TPSA) is 96.0 Å². The first-order valence-electron chi connectivity index (χ1n) is 11.8. The van der Waals surface area contributed by atoms with Crippen LogP contribution in [0, 0.1) is 23.2 Å². The van der Waals surface area contributed by atoms with Gasteiger partial charge in [0.15, 0.2) is 0 Å². The second-order valence-electron chi connectivity index (χ2n) is 10.5. The van der Waals surface area contributed by atoms with Gasteiger partial charge < -0.3 is 15.0 Å². The van der Waals surface area contributed by atoms with E-state index in [0.29, 0.717) is 13.0 Å². The van der Waals surface area contributed by atoms with Crippen molar-refractivity contribution >= 4 is 23.8 Å². The lowest BCUT2D eigenvalue weighted by Gasteiger charge is -2.44. The molecule has 4 amide bonds. The molecule has 0 bridgehead atoms. The second kappa shape index (κ2) is 8.10. The SMILES string of the molecule is CC(C)COC(=O)N[C@H](C(=O)N1CC[C@H]2[C@H]1C1(CCC1)C(=O)N2C(=O)C1CC1)C(C)C. The first kappa shape index (κ1) is 22.1. The van der Waals surface area contributed by atoms with Crippen LogP contribution in [0.1, 0.15) is 66.2 Å². The molecule has 8 heteroatoms. The van der Waals surface area contributed by atoms with Gasteiger partial charge in [0.25, 0.3) is 0 Å². The average Bonchev–Trinajstić information content (AvgIpc) is 3.38. The van der Waals surface area contributed by atoms with Crippen molar-refractivity contribution in [1.82, 2.24) is 15.1 Å². The van der Waals surface area contributed by atoms with Gasteiger partial charge in [-0.25, -0.2) is 4.79 Å². The van der Waals surface area contributed by atoms with Crippen LogP contribution in [-0.4, -0.2) is 64.9 Å². The third-order valence-corrected chi connectivity index (χ3v) is 7.36. The Morgan fingerprint density at radius 1 is 1.13 bits per heavy atom. The van der Waals surface area contributed by atoms with E-state index in [1.807, 2.05) is 27.7 Å². The van der Waals surface area contributed by atoms with Crippen LogP contribution in [0.25, 0.3) is 0 Å². The number of ether oxygens (including phenoxy) is 1. The summed E-state index contributed by atoms with van der Waals surface area (Å²) in [5.74, 6) is -0.246. The maximum absolute atomic E-state index is 13.6. The number of fused-ring (bicyclic) bond motifs is 2. The number of nitrogens with zero attached hydrogens (tertiary/aromatic N) is 2. The summed E-state index contributed by atoms with van der Waals surface area (Å²) in [6, 6.07) is -1.23. The minimum atomic E-state index is -0.723. The number of carbonyl (C=O) groups excluding carboxylic acids is 4. The molecule has 1 spiro atoms. The molecule has 4 aliphatic rings. The number of rotatable bonds is 6. The minimum Gasteiger partial charge on any atom is -0.449 e. The quantitative estimate of drug-likeness (QED) is 0.649. The van der Waals surface area contributed by atoms with Crippen molar-refractivity contribution in [3.63, 3.8) is 0 Å². The van der Waals surface area contributed by atoms with Crippen molar-refractivity contribution in [3.05, 3.63) is 0 Å². The molecule has 2 saturated heterocycles. The largest absolute Gasteiger partial charge is 0.449 e. The summed E-state index contributed by atoms with van der Waals surface area (Å²) in [6.45, 7) is 8.47. The zero-order valence-corrected chi connectivity index (χ0v) is 19.1. The minimum absolute atomic E-state index is 0.0228. The fourth-order valence-corrected chi connectivity index (χ4v) is 5.44. The number of hydrogen-bond acceptors (Lipinski definition) is 5. The molecule has 2 aliphatic carbocycles. The molecule has 3 atom stereocenters. The van der Waals surface area contributed by atoms with Gasteiger partial charge in [0.2, 0.25) is 17.7 Å². The second-order valence-corrected chi connectivity index (χ2v) is 10.5. The number of imide groups is 1. The predicted molar refractivity (Wildman–Crippen MR) is 113 cm³/mol. The summed E-state index contributed by atoms with van der Waals surface area (Å²) < 4.78 is 5.23. The van der Waals surface area contributed by atoms with Crippen LogP contribution in [0.15, 0.2) is 0 Å². The van der Waals surface area contributed by atoms with Crippen LogP contribution in [0.5, 0.6) is 0 Å². The maximum atomic E-state index is 13.6. The van der Waals surface area contributed by atoms with E-state index in [1.165, 1.54) is 4.90 Å². The Bertz CT molecular complexity index is 771. The highest BCUT2D eigenvalue weighted by Gasteiger charge is 2.68. The molecular formula is C23H35N3O5. The fourth-order valence-electron chi connectivity index (χ4n) is 5.44. The van der Waals surface area contributed by atoms with E-state index >= 15 is 0 Å². The van der Waals surface area contributed by atoms with Crippen LogP contribution in [0.2, 0.25) is 0 Å². The molecule has 1 N–H and O–H groups in total. The van der Waals surface area contributed by atoms with Crippen molar-refractivity contribution in [3.8, 4) is 0 Å². The van der Waals surface area contributed by atoms with Gasteiger partial charge in [0, 0.05) is 12.5 Å². The molecule has 2 heterocycles. The molecular weight excluding hydrogens is 398 g/mol. The van der Waals surface area contributed by atoms with Gasteiger partial charge in [-0.3, -0.25) is 19.3 Å². The van der Waals surface area contributed by atoms with Gasteiger partial charge in [0.05, 0.1) is 24.1 Å². The van der Waals surface area contributed by atoms with Crippen LogP contribution < -0.4 is 5.32 Å². The molecule has 0 aromatic heterocycles. The molecule has 0 aromatic rings. The summed E-state index contributed by atoms with van der Waals surface area (Å²) in [4.78, 5) is 55.5. The number of hydrogen-bond donors (Lipinski definition) is 1. The highest BCUT2D eigenvalue weighted by molar-refractivity contribution is 6.04. The highest BCUT2D eigenvalue weighted by Crippen LogP contribution is 2.56. The van der Waals surface area contributed by atoms with Crippen LogP contribution in [0.3, 0.4) is 0 Å². The van der Waals surface area contributed by atoms with E-state index in [2.05, 4.69) is 5.32 Å². The van der Waals surface area contributed by atoms with E-state index in [0.717, 1.165) is 32.1 Å². The Kier molecular flexibility index (Phi) is 5.77. The summed E-state index contributed by atoms with van der Waals surface area (Å²) >= 11 is 0. The molecule has 2 aliphatic heterocycles. The summed E-state index contributed by atoms with van der Waals surface area (Å²) in [5.41, 5.74) is -0.624.